The third-order valence-corrected chi connectivity index (χ3v) is 9.23. The van der Waals surface area contributed by atoms with E-state index in [9.17, 15) is 19.5 Å². The lowest BCUT2D eigenvalue weighted by atomic mass is 9.66. The molecule has 2 aromatic rings. The van der Waals surface area contributed by atoms with Gasteiger partial charge in [-0.2, -0.15) is 0 Å². The second-order valence-electron chi connectivity index (χ2n) is 11.8. The van der Waals surface area contributed by atoms with E-state index in [0.717, 1.165) is 17.2 Å². The topological polar surface area (TPSA) is 90.4 Å². The molecule has 218 valence electrons. The molecule has 0 saturated carbocycles. The maximum atomic E-state index is 14.7. The van der Waals surface area contributed by atoms with Crippen LogP contribution in [0, 0.1) is 11.8 Å². The summed E-state index contributed by atoms with van der Waals surface area (Å²) in [6.07, 6.45) is 5.16. The van der Waals surface area contributed by atoms with Crippen LogP contribution in [0.2, 0.25) is 0 Å². The highest BCUT2D eigenvalue weighted by Crippen LogP contribution is 2.64. The minimum Gasteiger partial charge on any atom is -0.394 e. The number of amides is 3. The summed E-state index contributed by atoms with van der Waals surface area (Å²) in [4.78, 5) is 48.0. The molecular weight excluding hydrogens is 518 g/mol. The number of aliphatic hydroxyl groups is 1. The summed E-state index contributed by atoms with van der Waals surface area (Å²) in [7, 11) is 0. The molecule has 0 aromatic heterocycles. The molecule has 8 nitrogen and oxygen atoms in total. The number of fused-ring (bicyclic) bond motifs is 2. The first-order valence-corrected chi connectivity index (χ1v) is 14.6. The van der Waals surface area contributed by atoms with Crippen LogP contribution in [0.5, 0.6) is 0 Å². The molecule has 1 spiro atoms. The first kappa shape index (κ1) is 29.0. The Morgan fingerprint density at radius 3 is 2.49 bits per heavy atom. The molecule has 3 heterocycles. The van der Waals surface area contributed by atoms with Crippen LogP contribution in [-0.2, 0) is 19.1 Å². The molecular formula is C33H41N3O5. The van der Waals surface area contributed by atoms with Crippen LogP contribution in [0.4, 0.5) is 5.69 Å². The summed E-state index contributed by atoms with van der Waals surface area (Å²) in [6.45, 7) is 14.2. The van der Waals surface area contributed by atoms with E-state index in [1.807, 2.05) is 56.3 Å². The van der Waals surface area contributed by atoms with Crippen LogP contribution in [0.15, 0.2) is 67.8 Å². The number of ether oxygens (including phenoxy) is 1. The van der Waals surface area contributed by atoms with Crippen molar-refractivity contribution in [3.05, 3.63) is 67.8 Å². The average molecular weight is 560 g/mol. The average Bonchev–Trinajstić information content (AvgIpc) is 3.55. The zero-order chi connectivity index (χ0) is 29.5. The number of hydrogen-bond donors (Lipinski definition) is 1. The Kier molecular flexibility index (Phi) is 7.83. The number of carbonyl (C=O) groups is 3. The third-order valence-electron chi connectivity index (χ3n) is 9.23. The van der Waals surface area contributed by atoms with Crippen molar-refractivity contribution in [1.29, 1.82) is 0 Å². The Morgan fingerprint density at radius 1 is 1.12 bits per heavy atom. The van der Waals surface area contributed by atoms with Crippen LogP contribution < -0.4 is 4.90 Å². The zero-order valence-corrected chi connectivity index (χ0v) is 24.3. The third kappa shape index (κ3) is 4.48. The van der Waals surface area contributed by atoms with Crippen LogP contribution in [0.1, 0.15) is 40.0 Å². The van der Waals surface area contributed by atoms with Crippen LogP contribution in [0.25, 0.3) is 10.8 Å². The molecule has 0 radical (unpaired) electrons. The number of likely N-dealkylation sites (tertiary alicyclic amines) is 1. The summed E-state index contributed by atoms with van der Waals surface area (Å²) < 4.78 is 6.78. The van der Waals surface area contributed by atoms with E-state index >= 15 is 0 Å². The van der Waals surface area contributed by atoms with Gasteiger partial charge in [0.1, 0.15) is 11.6 Å². The van der Waals surface area contributed by atoms with E-state index in [-0.39, 0.29) is 30.9 Å². The van der Waals surface area contributed by atoms with Gasteiger partial charge in [-0.25, -0.2) is 0 Å². The van der Waals surface area contributed by atoms with E-state index in [4.69, 9.17) is 4.74 Å². The van der Waals surface area contributed by atoms with Crippen molar-refractivity contribution in [2.75, 3.05) is 31.1 Å². The second-order valence-corrected chi connectivity index (χ2v) is 11.8. The maximum Gasteiger partial charge on any atom is 0.253 e. The molecule has 2 aromatic carbocycles. The van der Waals surface area contributed by atoms with E-state index in [1.54, 1.807) is 28.9 Å². The summed E-state index contributed by atoms with van der Waals surface area (Å²) in [5.74, 6) is -2.29. The fraction of sp³-hybridized carbons (Fsp3) is 0.485. The number of carbonyl (C=O) groups excluding carboxylic acids is 3. The van der Waals surface area contributed by atoms with E-state index in [1.165, 1.54) is 4.90 Å². The maximum absolute atomic E-state index is 14.7. The molecule has 0 aliphatic carbocycles. The van der Waals surface area contributed by atoms with Gasteiger partial charge < -0.3 is 24.5 Å². The van der Waals surface area contributed by atoms with Crippen molar-refractivity contribution in [2.24, 2.45) is 11.8 Å². The SMILES string of the molecule is C=CCN(CCC)C(=O)[C@H]1[C@H]2C(=O)N([C@H](C)CO)C(C(=O)N(CC=C)c3ccc4ccccc4c3)C23CC[C@]1(C)O3. The highest BCUT2D eigenvalue weighted by molar-refractivity contribution is 6.06. The van der Waals surface area contributed by atoms with Gasteiger partial charge in [-0.1, -0.05) is 49.4 Å². The highest BCUT2D eigenvalue weighted by atomic mass is 16.5. The first-order valence-electron chi connectivity index (χ1n) is 14.6. The van der Waals surface area contributed by atoms with Crippen molar-refractivity contribution < 1.29 is 24.2 Å². The Bertz CT molecular complexity index is 1380. The number of hydrogen-bond acceptors (Lipinski definition) is 5. The Labute approximate surface area is 242 Å². The van der Waals surface area contributed by atoms with Crippen LogP contribution >= 0.6 is 0 Å². The predicted octanol–water partition coefficient (Wildman–Crippen LogP) is 3.93. The first-order chi connectivity index (χ1) is 19.7. The van der Waals surface area contributed by atoms with E-state index in [2.05, 4.69) is 13.2 Å². The van der Waals surface area contributed by atoms with E-state index < -0.39 is 35.1 Å². The zero-order valence-electron chi connectivity index (χ0n) is 24.3. The number of nitrogens with zero attached hydrogens (tertiary/aromatic N) is 3. The van der Waals surface area contributed by atoms with Crippen molar-refractivity contribution >= 4 is 34.2 Å². The smallest absolute Gasteiger partial charge is 0.253 e. The van der Waals surface area contributed by atoms with Crippen molar-refractivity contribution in [2.45, 2.75) is 63.3 Å². The molecule has 6 atom stereocenters. The lowest BCUT2D eigenvalue weighted by molar-refractivity contribution is -0.151. The lowest BCUT2D eigenvalue weighted by Crippen LogP contribution is -2.58. The summed E-state index contributed by atoms with van der Waals surface area (Å²) >= 11 is 0. The summed E-state index contributed by atoms with van der Waals surface area (Å²) in [5.41, 5.74) is -1.36. The molecule has 3 aliphatic rings. The second kappa shape index (κ2) is 11.1. The summed E-state index contributed by atoms with van der Waals surface area (Å²) in [6, 6.07) is 12.1. The predicted molar refractivity (Wildman–Crippen MR) is 159 cm³/mol. The number of aliphatic hydroxyl groups excluding tert-OH is 1. The fourth-order valence-corrected chi connectivity index (χ4v) is 7.44. The van der Waals surface area contributed by atoms with Gasteiger partial charge in [0, 0.05) is 25.3 Å². The quantitative estimate of drug-likeness (QED) is 0.422. The number of benzene rings is 2. The molecule has 41 heavy (non-hydrogen) atoms. The normalized spacial score (nSPS) is 28.9. The van der Waals surface area contributed by atoms with Crippen LogP contribution in [0.3, 0.4) is 0 Å². The molecule has 3 amide bonds. The lowest BCUT2D eigenvalue weighted by Gasteiger charge is -2.38. The Hall–Kier alpha value is -3.49. The molecule has 3 fully saturated rings. The largest absolute Gasteiger partial charge is 0.394 e. The van der Waals surface area contributed by atoms with E-state index in [0.29, 0.717) is 31.6 Å². The van der Waals surface area contributed by atoms with Gasteiger partial charge in [-0.3, -0.25) is 14.4 Å². The minimum atomic E-state index is -1.17. The minimum absolute atomic E-state index is 0.142. The molecule has 8 heteroatoms. The van der Waals surface area contributed by atoms with Gasteiger partial charge in [0.05, 0.1) is 30.1 Å². The Morgan fingerprint density at radius 2 is 1.83 bits per heavy atom. The number of anilines is 1. The molecule has 2 bridgehead atoms. The van der Waals surface area contributed by atoms with Crippen molar-refractivity contribution in [3.8, 4) is 0 Å². The highest BCUT2D eigenvalue weighted by Gasteiger charge is 2.78. The molecule has 2 unspecified atom stereocenters. The van der Waals surface area contributed by atoms with Crippen molar-refractivity contribution in [3.63, 3.8) is 0 Å². The van der Waals surface area contributed by atoms with Gasteiger partial charge in [0.2, 0.25) is 11.8 Å². The number of rotatable bonds is 11. The van der Waals surface area contributed by atoms with Gasteiger partial charge >= 0.3 is 0 Å². The summed E-state index contributed by atoms with van der Waals surface area (Å²) in [5, 5.41) is 12.3. The molecule has 3 saturated heterocycles. The monoisotopic (exact) mass is 559 g/mol. The van der Waals surface area contributed by atoms with Gasteiger partial charge in [-0.05, 0) is 56.0 Å². The van der Waals surface area contributed by atoms with Gasteiger partial charge in [-0.15, -0.1) is 13.2 Å². The molecule has 3 aliphatic heterocycles. The Balaban J connectivity index is 1.60. The van der Waals surface area contributed by atoms with Gasteiger partial charge in [0.25, 0.3) is 5.91 Å². The van der Waals surface area contributed by atoms with Gasteiger partial charge in [0.15, 0.2) is 0 Å². The molecule has 5 rings (SSSR count). The fourth-order valence-electron chi connectivity index (χ4n) is 7.44. The molecule has 1 N–H and O–H groups in total. The van der Waals surface area contributed by atoms with Crippen molar-refractivity contribution in [1.82, 2.24) is 9.80 Å². The standard InChI is InChI=1S/C33H41N3O5/c1-6-17-34(18-7-2)29(38)26-27-30(39)36(22(4)21-37)28(33(27)16-15-32(26,5)41-33)31(40)35(19-8-3)25-14-13-23-11-9-10-12-24(23)20-25/h6,8-14,20,22,26-28,37H,1,3,7,15-19,21H2,2,4-5H3/t22-,26-,27+,28?,32+,33?/m1/s1. The van der Waals surface area contributed by atoms with Crippen LogP contribution in [-0.4, -0.2) is 82.2 Å².